The van der Waals surface area contributed by atoms with Crippen LogP contribution in [0.5, 0.6) is 0 Å². The highest BCUT2D eigenvalue weighted by molar-refractivity contribution is 5.86. The molecule has 124 valence electrons. The number of rotatable bonds is 5. The third-order valence-electron chi connectivity index (χ3n) is 4.68. The molecule has 0 aromatic heterocycles. The first-order valence-corrected chi connectivity index (χ1v) is 8.32. The maximum atomic E-state index is 10.8. The first-order chi connectivity index (χ1) is 11.1. The molecule has 1 fully saturated rings. The molecule has 0 bridgehead atoms. The molecule has 1 heterocycles. The van der Waals surface area contributed by atoms with Crippen molar-refractivity contribution in [1.82, 2.24) is 9.80 Å². The first kappa shape index (κ1) is 16.4. The van der Waals surface area contributed by atoms with E-state index in [1.165, 1.54) is 0 Å². The van der Waals surface area contributed by atoms with E-state index < -0.39 is 5.79 Å². The molecule has 0 spiro atoms. The Morgan fingerprint density at radius 1 is 1.04 bits per heavy atom. The van der Waals surface area contributed by atoms with Crippen molar-refractivity contribution in [1.29, 1.82) is 0 Å². The summed E-state index contributed by atoms with van der Waals surface area (Å²) in [5, 5.41) is 13.0. The zero-order valence-corrected chi connectivity index (χ0v) is 14.0. The number of fused-ring (bicyclic) bond motifs is 1. The number of nitrogens with zero attached hydrogens (tertiary/aromatic N) is 2. The van der Waals surface area contributed by atoms with Crippen LogP contribution in [-0.2, 0) is 10.5 Å². The van der Waals surface area contributed by atoms with Crippen molar-refractivity contribution in [3.05, 3.63) is 48.0 Å². The summed E-state index contributed by atoms with van der Waals surface area (Å²) in [7, 11) is 2.15. The Kier molecular flexibility index (Phi) is 4.97. The number of aliphatic hydroxyl groups is 1. The molecular weight excluding hydrogens is 288 g/mol. The van der Waals surface area contributed by atoms with Crippen LogP contribution in [0, 0.1) is 0 Å². The van der Waals surface area contributed by atoms with Crippen LogP contribution in [0.15, 0.2) is 42.5 Å². The molecule has 4 heteroatoms. The lowest BCUT2D eigenvalue weighted by Crippen LogP contribution is -2.46. The van der Waals surface area contributed by atoms with Crippen LogP contribution >= 0.6 is 0 Å². The van der Waals surface area contributed by atoms with Gasteiger partial charge < -0.3 is 14.7 Å². The van der Waals surface area contributed by atoms with E-state index in [0.29, 0.717) is 6.61 Å². The SMILES string of the molecule is CN1CCN(CCOC(C)(O)c2cccc3ccccc23)CC1. The predicted molar refractivity (Wildman–Crippen MR) is 93.4 cm³/mol. The monoisotopic (exact) mass is 314 g/mol. The van der Waals surface area contributed by atoms with Gasteiger partial charge in [0.2, 0.25) is 0 Å². The highest BCUT2D eigenvalue weighted by Crippen LogP contribution is 2.29. The molecule has 1 atom stereocenters. The van der Waals surface area contributed by atoms with E-state index in [-0.39, 0.29) is 0 Å². The molecule has 0 amide bonds. The largest absolute Gasteiger partial charge is 0.362 e. The van der Waals surface area contributed by atoms with Crippen LogP contribution in [0.4, 0.5) is 0 Å². The standard InChI is InChI=1S/C19H26N2O2/c1-19(22,23-15-14-21-12-10-20(2)11-13-21)18-9-5-7-16-6-3-4-8-17(16)18/h3-9,22H,10-15H2,1-2H3. The van der Waals surface area contributed by atoms with E-state index in [0.717, 1.165) is 49.1 Å². The normalized spacial score (nSPS) is 19.8. The summed E-state index contributed by atoms with van der Waals surface area (Å²) in [5.41, 5.74) is 0.828. The van der Waals surface area contributed by atoms with Gasteiger partial charge in [0.05, 0.1) is 6.61 Å². The Labute approximate surface area is 138 Å². The molecule has 0 aliphatic carbocycles. The summed E-state index contributed by atoms with van der Waals surface area (Å²) in [6, 6.07) is 14.1. The van der Waals surface area contributed by atoms with E-state index in [2.05, 4.69) is 29.0 Å². The van der Waals surface area contributed by atoms with Crippen LogP contribution in [-0.4, -0.2) is 61.3 Å². The molecule has 1 unspecified atom stereocenters. The number of piperazine rings is 1. The zero-order valence-electron chi connectivity index (χ0n) is 14.0. The van der Waals surface area contributed by atoms with Gasteiger partial charge in [-0.1, -0.05) is 42.5 Å². The predicted octanol–water partition coefficient (Wildman–Crippen LogP) is 2.27. The van der Waals surface area contributed by atoms with Crippen molar-refractivity contribution in [3.8, 4) is 0 Å². The Bertz CT molecular complexity index is 643. The van der Waals surface area contributed by atoms with E-state index in [4.69, 9.17) is 4.74 Å². The van der Waals surface area contributed by atoms with Gasteiger partial charge in [-0.25, -0.2) is 0 Å². The Morgan fingerprint density at radius 3 is 2.52 bits per heavy atom. The second kappa shape index (κ2) is 6.97. The highest BCUT2D eigenvalue weighted by atomic mass is 16.6. The van der Waals surface area contributed by atoms with Crippen LogP contribution in [0.1, 0.15) is 12.5 Å². The van der Waals surface area contributed by atoms with Gasteiger partial charge in [-0.15, -0.1) is 0 Å². The van der Waals surface area contributed by atoms with Gasteiger partial charge in [0.25, 0.3) is 0 Å². The van der Waals surface area contributed by atoms with Crippen molar-refractivity contribution >= 4 is 10.8 Å². The van der Waals surface area contributed by atoms with Gasteiger partial charge in [0.15, 0.2) is 5.79 Å². The molecule has 0 radical (unpaired) electrons. The summed E-state index contributed by atoms with van der Waals surface area (Å²) in [5.74, 6) is -1.27. The number of hydrogen-bond acceptors (Lipinski definition) is 4. The minimum Gasteiger partial charge on any atom is -0.362 e. The van der Waals surface area contributed by atoms with Gasteiger partial charge in [-0.05, 0) is 24.7 Å². The van der Waals surface area contributed by atoms with Crippen molar-refractivity contribution in [2.45, 2.75) is 12.7 Å². The first-order valence-electron chi connectivity index (χ1n) is 8.32. The quantitative estimate of drug-likeness (QED) is 0.859. The maximum Gasteiger partial charge on any atom is 0.190 e. The number of likely N-dealkylation sites (N-methyl/N-ethyl adjacent to an activating group) is 1. The fraction of sp³-hybridized carbons (Fsp3) is 0.474. The zero-order chi connectivity index (χ0) is 16.3. The Balaban J connectivity index is 1.64. The fourth-order valence-electron chi connectivity index (χ4n) is 3.15. The van der Waals surface area contributed by atoms with Gasteiger partial charge in [0, 0.05) is 38.3 Å². The Hall–Kier alpha value is -1.46. The molecule has 23 heavy (non-hydrogen) atoms. The summed E-state index contributed by atoms with van der Waals surface area (Å²) >= 11 is 0. The summed E-state index contributed by atoms with van der Waals surface area (Å²) in [6.45, 7) is 7.44. The van der Waals surface area contributed by atoms with E-state index in [1.54, 1.807) is 6.92 Å². The lowest BCUT2D eigenvalue weighted by atomic mass is 9.99. The lowest BCUT2D eigenvalue weighted by Gasteiger charge is -2.33. The summed E-state index contributed by atoms with van der Waals surface area (Å²) in [4.78, 5) is 4.73. The minimum absolute atomic E-state index is 0.528. The molecule has 1 N–H and O–H groups in total. The molecule has 4 nitrogen and oxygen atoms in total. The minimum atomic E-state index is -1.27. The third-order valence-corrected chi connectivity index (χ3v) is 4.68. The highest BCUT2D eigenvalue weighted by Gasteiger charge is 2.26. The van der Waals surface area contributed by atoms with E-state index in [9.17, 15) is 5.11 Å². The van der Waals surface area contributed by atoms with Gasteiger partial charge in [0.1, 0.15) is 0 Å². The van der Waals surface area contributed by atoms with Crippen molar-refractivity contribution in [2.75, 3.05) is 46.4 Å². The molecule has 1 aliphatic rings. The molecule has 1 aliphatic heterocycles. The van der Waals surface area contributed by atoms with Crippen LogP contribution in [0.2, 0.25) is 0 Å². The molecule has 2 aromatic rings. The number of hydrogen-bond donors (Lipinski definition) is 1. The molecule has 1 saturated heterocycles. The summed E-state index contributed by atoms with van der Waals surface area (Å²) in [6.07, 6.45) is 0. The molecule has 0 saturated carbocycles. The van der Waals surface area contributed by atoms with Crippen LogP contribution in [0.25, 0.3) is 10.8 Å². The average molecular weight is 314 g/mol. The van der Waals surface area contributed by atoms with Crippen LogP contribution in [0.3, 0.4) is 0 Å². The van der Waals surface area contributed by atoms with Crippen molar-refractivity contribution in [3.63, 3.8) is 0 Å². The van der Waals surface area contributed by atoms with Gasteiger partial charge >= 0.3 is 0 Å². The Morgan fingerprint density at radius 2 is 1.74 bits per heavy atom. The number of benzene rings is 2. The lowest BCUT2D eigenvalue weighted by molar-refractivity contribution is -0.199. The van der Waals surface area contributed by atoms with Gasteiger partial charge in [-0.3, -0.25) is 4.90 Å². The smallest absolute Gasteiger partial charge is 0.190 e. The summed E-state index contributed by atoms with van der Waals surface area (Å²) < 4.78 is 5.85. The second-order valence-corrected chi connectivity index (χ2v) is 6.50. The molecule has 3 rings (SSSR count). The van der Waals surface area contributed by atoms with Crippen LogP contribution < -0.4 is 0 Å². The number of ether oxygens (including phenoxy) is 1. The molecule has 2 aromatic carbocycles. The van der Waals surface area contributed by atoms with Crippen molar-refractivity contribution < 1.29 is 9.84 Å². The fourth-order valence-corrected chi connectivity index (χ4v) is 3.15. The average Bonchev–Trinajstić information content (AvgIpc) is 2.56. The maximum absolute atomic E-state index is 10.8. The third kappa shape index (κ3) is 3.90. The van der Waals surface area contributed by atoms with E-state index in [1.807, 2.05) is 30.3 Å². The van der Waals surface area contributed by atoms with E-state index >= 15 is 0 Å². The topological polar surface area (TPSA) is 35.9 Å². The molecular formula is C19H26N2O2. The van der Waals surface area contributed by atoms with Crippen molar-refractivity contribution in [2.24, 2.45) is 0 Å². The van der Waals surface area contributed by atoms with Gasteiger partial charge in [-0.2, -0.15) is 0 Å². The second-order valence-electron chi connectivity index (χ2n) is 6.50.